The number of hydrogen-bond donors (Lipinski definition) is 0. The van der Waals surface area contributed by atoms with Gasteiger partial charge in [0.05, 0.1) is 6.54 Å². The Morgan fingerprint density at radius 1 is 0.571 bits per heavy atom. The Labute approximate surface area is 250 Å². The lowest BCUT2D eigenvalue weighted by molar-refractivity contribution is 1.08. The molecule has 7 rings (SSSR count). The largest absolute Gasteiger partial charge is 0.344 e. The van der Waals surface area contributed by atoms with Gasteiger partial charge in [-0.05, 0) is 40.5 Å². The average Bonchev–Trinajstić information content (AvgIpc) is 3.44. The van der Waals surface area contributed by atoms with Gasteiger partial charge in [-0.25, -0.2) is 0 Å². The summed E-state index contributed by atoms with van der Waals surface area (Å²) >= 11 is 1.88. The fourth-order valence-corrected chi connectivity index (χ4v) is 6.92. The minimum Gasteiger partial charge on any atom is -0.344 e. The average molecular weight is 559 g/mol. The highest BCUT2D eigenvalue weighted by Gasteiger charge is 2.14. The molecule has 0 N–H and O–H groups in total. The van der Waals surface area contributed by atoms with E-state index in [2.05, 4.69) is 151 Å². The van der Waals surface area contributed by atoms with E-state index in [0.29, 0.717) is 6.54 Å². The summed E-state index contributed by atoms with van der Waals surface area (Å²) < 4.78 is 2.68. The molecular weight excluding hydrogens is 529 g/mol. The molecule has 0 spiro atoms. The molecule has 2 nitrogen and oxygen atoms in total. The maximum absolute atomic E-state index is 4.75. The van der Waals surface area contributed by atoms with Crippen LogP contribution in [-0.2, 0) is 6.54 Å². The van der Waals surface area contributed by atoms with E-state index in [1.165, 1.54) is 48.0 Å². The molecule has 42 heavy (non-hydrogen) atoms. The van der Waals surface area contributed by atoms with Gasteiger partial charge in [0.1, 0.15) is 0 Å². The van der Waals surface area contributed by atoms with Crippen molar-refractivity contribution in [3.63, 3.8) is 0 Å². The van der Waals surface area contributed by atoms with Crippen molar-refractivity contribution in [3.8, 4) is 22.3 Å². The summed E-state index contributed by atoms with van der Waals surface area (Å²) in [6, 6.07) is 51.8. The summed E-state index contributed by atoms with van der Waals surface area (Å²) in [6.07, 6.45) is 1.99. The maximum Gasteiger partial charge on any atom is 0.0639 e. The van der Waals surface area contributed by atoms with Gasteiger partial charge in [0.25, 0.3) is 0 Å². The van der Waals surface area contributed by atoms with Gasteiger partial charge in [0.2, 0.25) is 0 Å². The number of hydrogen-bond acceptors (Lipinski definition) is 3. The summed E-state index contributed by atoms with van der Waals surface area (Å²) in [4.78, 5) is 7.02. The Morgan fingerprint density at radius 3 is 2.02 bits per heavy atom. The number of fused-ring (bicyclic) bond motifs is 3. The lowest BCUT2D eigenvalue weighted by Gasteiger charge is -2.24. The quantitative estimate of drug-likeness (QED) is 0.178. The van der Waals surface area contributed by atoms with Crippen molar-refractivity contribution in [1.29, 1.82) is 0 Å². The van der Waals surface area contributed by atoms with E-state index >= 15 is 0 Å². The van der Waals surface area contributed by atoms with Gasteiger partial charge in [0.15, 0.2) is 0 Å². The number of thiophene rings is 1. The molecule has 3 heteroatoms. The van der Waals surface area contributed by atoms with Crippen LogP contribution in [-0.4, -0.2) is 13.3 Å². The van der Waals surface area contributed by atoms with Crippen LogP contribution in [0.15, 0.2) is 151 Å². The molecule has 0 amide bonds. The van der Waals surface area contributed by atoms with Crippen LogP contribution in [0.1, 0.15) is 11.1 Å². The lowest BCUT2D eigenvalue weighted by Crippen LogP contribution is -2.12. The Kier molecular flexibility index (Phi) is 7.09. The molecule has 7 aromatic rings. The molecule has 0 bridgehead atoms. The first-order valence-corrected chi connectivity index (χ1v) is 15.0. The third-order valence-electron chi connectivity index (χ3n) is 7.82. The van der Waals surface area contributed by atoms with Crippen LogP contribution in [0.4, 0.5) is 11.4 Å². The molecule has 0 saturated heterocycles. The van der Waals surface area contributed by atoms with Crippen LogP contribution in [0, 0.1) is 0 Å². The topological polar surface area (TPSA) is 15.6 Å². The van der Waals surface area contributed by atoms with Crippen molar-refractivity contribution in [2.24, 2.45) is 4.99 Å². The smallest absolute Gasteiger partial charge is 0.0639 e. The molecule has 1 aromatic heterocycles. The number of aliphatic imine (C=N–C) groups is 1. The van der Waals surface area contributed by atoms with Gasteiger partial charge in [0, 0.05) is 55.9 Å². The number of para-hydroxylation sites is 2. The third kappa shape index (κ3) is 5.00. The number of benzene rings is 6. The predicted molar refractivity (Wildman–Crippen MR) is 182 cm³/mol. The minimum absolute atomic E-state index is 0.664. The van der Waals surface area contributed by atoms with E-state index in [0.717, 1.165) is 16.9 Å². The second kappa shape index (κ2) is 11.5. The first kappa shape index (κ1) is 25.9. The van der Waals surface area contributed by atoms with Crippen molar-refractivity contribution < 1.29 is 0 Å². The summed E-state index contributed by atoms with van der Waals surface area (Å²) in [5.74, 6) is 0. The van der Waals surface area contributed by atoms with Gasteiger partial charge in [-0.15, -0.1) is 11.3 Å². The molecule has 0 fully saturated rings. The van der Waals surface area contributed by atoms with E-state index in [9.17, 15) is 0 Å². The van der Waals surface area contributed by atoms with E-state index in [-0.39, 0.29) is 0 Å². The minimum atomic E-state index is 0.664. The second-order valence-corrected chi connectivity index (χ2v) is 11.5. The Balaban J connectivity index is 1.20. The van der Waals surface area contributed by atoms with Crippen LogP contribution in [0.5, 0.6) is 0 Å². The molecule has 202 valence electrons. The highest BCUT2D eigenvalue weighted by atomic mass is 32.1. The molecule has 0 aliphatic heterocycles. The van der Waals surface area contributed by atoms with Crippen molar-refractivity contribution in [3.05, 3.63) is 157 Å². The molecule has 0 aliphatic rings. The van der Waals surface area contributed by atoms with Crippen molar-refractivity contribution >= 4 is 49.1 Å². The van der Waals surface area contributed by atoms with E-state index in [1.54, 1.807) is 0 Å². The summed E-state index contributed by atoms with van der Waals surface area (Å²) in [7, 11) is 2.14. The normalized spacial score (nSPS) is 11.5. The molecular formula is C39H30N2S. The van der Waals surface area contributed by atoms with E-state index < -0.39 is 0 Å². The van der Waals surface area contributed by atoms with E-state index in [1.807, 2.05) is 23.6 Å². The Hall–Kier alpha value is -4.99. The van der Waals surface area contributed by atoms with Crippen LogP contribution < -0.4 is 4.90 Å². The summed E-state index contributed by atoms with van der Waals surface area (Å²) in [5.41, 5.74) is 9.49. The first-order chi connectivity index (χ1) is 20.8. The van der Waals surface area contributed by atoms with Crippen molar-refractivity contribution in [2.75, 3.05) is 11.9 Å². The van der Waals surface area contributed by atoms with Crippen LogP contribution in [0.2, 0.25) is 0 Å². The number of anilines is 2. The highest BCUT2D eigenvalue weighted by Crippen LogP contribution is 2.41. The molecule has 0 saturated carbocycles. The molecule has 0 aliphatic carbocycles. The first-order valence-electron chi connectivity index (χ1n) is 14.2. The number of rotatable bonds is 7. The predicted octanol–water partition coefficient (Wildman–Crippen LogP) is 10.8. The van der Waals surface area contributed by atoms with Gasteiger partial charge in [-0.3, -0.25) is 4.99 Å². The van der Waals surface area contributed by atoms with Crippen molar-refractivity contribution in [2.45, 2.75) is 6.54 Å². The van der Waals surface area contributed by atoms with Crippen molar-refractivity contribution in [1.82, 2.24) is 0 Å². The number of nitrogens with zero attached hydrogens (tertiary/aromatic N) is 2. The third-order valence-corrected chi connectivity index (χ3v) is 9.04. The standard InChI is InChI=1S/C39H30N2S/c1-41(36-19-8-5-14-31(36)27-40-26-28-12-3-2-4-13-28)37-20-9-6-15-32(37)29-22-24-30(25-23-29)33-17-11-18-35-34-16-7-10-21-38(34)42-39(33)35/h2-25,27H,26H2,1H3. The molecule has 0 atom stereocenters. The van der Waals surface area contributed by atoms with Gasteiger partial charge < -0.3 is 4.90 Å². The van der Waals surface area contributed by atoms with Crippen LogP contribution in [0.25, 0.3) is 42.4 Å². The Bertz CT molecular complexity index is 2020. The summed E-state index contributed by atoms with van der Waals surface area (Å²) in [5, 5.41) is 2.66. The zero-order chi connectivity index (χ0) is 28.3. The zero-order valence-corrected chi connectivity index (χ0v) is 24.3. The molecule has 6 aromatic carbocycles. The monoisotopic (exact) mass is 558 g/mol. The highest BCUT2D eigenvalue weighted by molar-refractivity contribution is 7.26. The van der Waals surface area contributed by atoms with Gasteiger partial charge in [-0.1, -0.05) is 127 Å². The lowest BCUT2D eigenvalue weighted by atomic mass is 9.97. The SMILES string of the molecule is CN(c1ccccc1C=NCc1ccccc1)c1ccccc1-c1ccc(-c2cccc3c2sc2ccccc23)cc1. The summed E-state index contributed by atoms with van der Waals surface area (Å²) in [6.45, 7) is 0.664. The molecule has 1 heterocycles. The Morgan fingerprint density at radius 2 is 1.19 bits per heavy atom. The second-order valence-electron chi connectivity index (χ2n) is 10.4. The van der Waals surface area contributed by atoms with Crippen LogP contribution in [0.3, 0.4) is 0 Å². The van der Waals surface area contributed by atoms with Gasteiger partial charge >= 0.3 is 0 Å². The zero-order valence-electron chi connectivity index (χ0n) is 23.4. The molecule has 0 unspecified atom stereocenters. The van der Waals surface area contributed by atoms with Gasteiger partial charge in [-0.2, -0.15) is 0 Å². The molecule has 0 radical (unpaired) electrons. The van der Waals surface area contributed by atoms with E-state index in [4.69, 9.17) is 4.99 Å². The fraction of sp³-hybridized carbons (Fsp3) is 0.0513. The fourth-order valence-electron chi connectivity index (χ4n) is 5.68. The maximum atomic E-state index is 4.75. The van der Waals surface area contributed by atoms with Crippen LogP contribution >= 0.6 is 11.3 Å².